The van der Waals surface area contributed by atoms with E-state index in [9.17, 15) is 4.79 Å². The predicted molar refractivity (Wildman–Crippen MR) is 88.5 cm³/mol. The monoisotopic (exact) mass is 279 g/mol. The molecule has 0 radical (unpaired) electrons. The fraction of sp³-hybridized carbons (Fsp3) is 0.263. The quantitative estimate of drug-likeness (QED) is 0.610. The van der Waals surface area contributed by atoms with Crippen molar-refractivity contribution in [1.29, 1.82) is 0 Å². The molecule has 0 aliphatic carbocycles. The van der Waals surface area contributed by atoms with Gasteiger partial charge >= 0.3 is 0 Å². The van der Waals surface area contributed by atoms with Crippen molar-refractivity contribution < 1.29 is 4.79 Å². The van der Waals surface area contributed by atoms with Gasteiger partial charge in [-0.25, -0.2) is 0 Å². The Morgan fingerprint density at radius 1 is 1.00 bits per heavy atom. The van der Waals surface area contributed by atoms with Gasteiger partial charge in [-0.15, -0.1) is 0 Å². The predicted octanol–water partition coefficient (Wildman–Crippen LogP) is 4.17. The van der Waals surface area contributed by atoms with Gasteiger partial charge in [0.2, 0.25) is 0 Å². The first-order chi connectivity index (χ1) is 10.0. The minimum atomic E-state index is 0.101. The summed E-state index contributed by atoms with van der Waals surface area (Å²) >= 11 is 0. The molecule has 2 heteroatoms. The fourth-order valence-electron chi connectivity index (χ4n) is 2.63. The molecule has 0 bridgehead atoms. The van der Waals surface area contributed by atoms with Gasteiger partial charge < -0.3 is 0 Å². The Kier molecular flexibility index (Phi) is 4.69. The summed E-state index contributed by atoms with van der Waals surface area (Å²) in [6, 6.07) is 14.3. The molecule has 0 spiro atoms. The number of carbonyl (C=O) groups excluding carboxylic acids is 1. The van der Waals surface area contributed by atoms with Gasteiger partial charge in [-0.1, -0.05) is 36.4 Å². The zero-order valence-corrected chi connectivity index (χ0v) is 13.1. The van der Waals surface area contributed by atoms with Crippen LogP contribution >= 0.6 is 0 Å². The van der Waals surface area contributed by atoms with Crippen molar-refractivity contribution in [2.24, 2.45) is 4.99 Å². The van der Waals surface area contributed by atoms with Crippen LogP contribution in [-0.4, -0.2) is 18.5 Å². The number of hydrogen-bond donors (Lipinski definition) is 0. The molecule has 2 nitrogen and oxygen atoms in total. The Morgan fingerprint density at radius 2 is 1.62 bits per heavy atom. The van der Waals surface area contributed by atoms with Crippen molar-refractivity contribution in [2.75, 3.05) is 7.05 Å². The van der Waals surface area contributed by atoms with E-state index in [2.05, 4.69) is 30.1 Å². The molecule has 0 unspecified atom stereocenters. The number of ketones is 1. The first kappa shape index (κ1) is 15.2. The molecular formula is C19H21NO. The molecule has 0 amide bonds. The average molecular weight is 279 g/mol. The van der Waals surface area contributed by atoms with Gasteiger partial charge in [0.25, 0.3) is 0 Å². The molecule has 0 aromatic heterocycles. The van der Waals surface area contributed by atoms with Crippen LogP contribution in [0, 0.1) is 13.8 Å². The van der Waals surface area contributed by atoms with Crippen molar-refractivity contribution in [3.05, 3.63) is 70.3 Å². The van der Waals surface area contributed by atoms with Gasteiger partial charge in [0.1, 0.15) is 0 Å². The van der Waals surface area contributed by atoms with E-state index in [1.807, 2.05) is 38.2 Å². The van der Waals surface area contributed by atoms with E-state index >= 15 is 0 Å². The maximum absolute atomic E-state index is 11.8. The number of aryl methyl sites for hydroxylation is 2. The highest BCUT2D eigenvalue weighted by atomic mass is 16.1. The Balaban J connectivity index is 2.43. The fourth-order valence-corrected chi connectivity index (χ4v) is 2.63. The smallest absolute Gasteiger partial charge is 0.160 e. The van der Waals surface area contributed by atoms with E-state index in [-0.39, 0.29) is 5.78 Å². The zero-order chi connectivity index (χ0) is 15.4. The lowest BCUT2D eigenvalue weighted by atomic mass is 9.92. The molecule has 0 N–H and O–H groups in total. The van der Waals surface area contributed by atoms with Crippen LogP contribution in [0.3, 0.4) is 0 Å². The minimum Gasteiger partial charge on any atom is -0.295 e. The number of hydrogen-bond acceptors (Lipinski definition) is 2. The first-order valence-corrected chi connectivity index (χ1v) is 7.15. The third-order valence-corrected chi connectivity index (χ3v) is 3.75. The van der Waals surface area contributed by atoms with Crippen molar-refractivity contribution in [2.45, 2.75) is 27.2 Å². The second-order valence-electron chi connectivity index (χ2n) is 5.37. The normalized spacial score (nSPS) is 11.5. The lowest BCUT2D eigenvalue weighted by molar-refractivity contribution is 0.101. The number of rotatable bonds is 4. The molecular weight excluding hydrogens is 258 g/mol. The highest BCUT2D eigenvalue weighted by Crippen LogP contribution is 2.19. The van der Waals surface area contributed by atoms with Gasteiger partial charge in [0, 0.05) is 24.7 Å². The number of carbonyl (C=O) groups is 1. The SMILES string of the molecule is CN=C(Cc1ccccc1)c1cc(C(C)=O)c(C)cc1C. The van der Waals surface area contributed by atoms with Gasteiger partial charge in [0.05, 0.1) is 0 Å². The van der Waals surface area contributed by atoms with Crippen LogP contribution in [0.25, 0.3) is 0 Å². The topological polar surface area (TPSA) is 29.4 Å². The molecule has 0 fully saturated rings. The molecule has 0 aliphatic rings. The zero-order valence-electron chi connectivity index (χ0n) is 13.1. The molecule has 0 heterocycles. The van der Waals surface area contributed by atoms with Crippen molar-refractivity contribution >= 4 is 11.5 Å². The van der Waals surface area contributed by atoms with Crippen LogP contribution in [0.15, 0.2) is 47.5 Å². The van der Waals surface area contributed by atoms with Crippen LogP contribution < -0.4 is 0 Å². The first-order valence-electron chi connectivity index (χ1n) is 7.15. The number of nitrogens with zero attached hydrogens (tertiary/aromatic N) is 1. The number of Topliss-reactive ketones (excluding diaryl/α,β-unsaturated/α-hetero) is 1. The highest BCUT2D eigenvalue weighted by molar-refractivity contribution is 6.05. The maximum Gasteiger partial charge on any atom is 0.160 e. The lowest BCUT2D eigenvalue weighted by Crippen LogP contribution is -2.10. The highest BCUT2D eigenvalue weighted by Gasteiger charge is 2.12. The summed E-state index contributed by atoms with van der Waals surface area (Å²) in [5.41, 5.74) is 6.28. The van der Waals surface area contributed by atoms with E-state index in [4.69, 9.17) is 0 Å². The van der Waals surface area contributed by atoms with Crippen LogP contribution in [0.5, 0.6) is 0 Å². The van der Waals surface area contributed by atoms with Gasteiger partial charge in [-0.3, -0.25) is 9.79 Å². The summed E-state index contributed by atoms with van der Waals surface area (Å²) in [4.78, 5) is 16.2. The Labute approximate surface area is 126 Å². The average Bonchev–Trinajstić information content (AvgIpc) is 2.46. The van der Waals surface area contributed by atoms with Crippen LogP contribution in [0.2, 0.25) is 0 Å². The van der Waals surface area contributed by atoms with Crippen molar-refractivity contribution in [3.8, 4) is 0 Å². The molecule has 2 aromatic rings. The van der Waals surface area contributed by atoms with E-state index in [1.165, 1.54) is 5.56 Å². The van der Waals surface area contributed by atoms with E-state index in [0.29, 0.717) is 0 Å². The van der Waals surface area contributed by atoms with Crippen LogP contribution in [-0.2, 0) is 6.42 Å². The summed E-state index contributed by atoms with van der Waals surface area (Å²) in [6.45, 7) is 5.66. The summed E-state index contributed by atoms with van der Waals surface area (Å²) in [7, 11) is 1.81. The Bertz CT molecular complexity index is 684. The van der Waals surface area contributed by atoms with E-state index in [0.717, 1.165) is 34.4 Å². The minimum absolute atomic E-state index is 0.101. The standard InChI is InChI=1S/C19H21NO/c1-13-10-14(2)18(12-17(13)15(3)21)19(20-4)11-16-8-6-5-7-9-16/h5-10,12H,11H2,1-4H3. The Morgan fingerprint density at radius 3 is 2.19 bits per heavy atom. The summed E-state index contributed by atoms with van der Waals surface area (Å²) in [5.74, 6) is 0.101. The van der Waals surface area contributed by atoms with Crippen molar-refractivity contribution in [3.63, 3.8) is 0 Å². The molecule has 0 aliphatic heterocycles. The second kappa shape index (κ2) is 6.49. The molecule has 2 rings (SSSR count). The molecule has 108 valence electrons. The van der Waals surface area contributed by atoms with E-state index < -0.39 is 0 Å². The molecule has 21 heavy (non-hydrogen) atoms. The van der Waals surface area contributed by atoms with Gasteiger partial charge in [-0.05, 0) is 49.1 Å². The largest absolute Gasteiger partial charge is 0.295 e. The number of aliphatic imine (C=N–C) groups is 1. The maximum atomic E-state index is 11.8. The Hall–Kier alpha value is -2.22. The van der Waals surface area contributed by atoms with Crippen LogP contribution in [0.4, 0.5) is 0 Å². The summed E-state index contributed by atoms with van der Waals surface area (Å²) in [6.07, 6.45) is 0.776. The molecule has 0 saturated carbocycles. The van der Waals surface area contributed by atoms with Crippen LogP contribution in [0.1, 0.15) is 39.5 Å². The molecule has 0 saturated heterocycles. The summed E-state index contributed by atoms with van der Waals surface area (Å²) < 4.78 is 0. The molecule has 2 aromatic carbocycles. The third-order valence-electron chi connectivity index (χ3n) is 3.75. The van der Waals surface area contributed by atoms with Gasteiger partial charge in [0.15, 0.2) is 5.78 Å². The summed E-state index contributed by atoms with van der Waals surface area (Å²) in [5, 5.41) is 0. The molecule has 0 atom stereocenters. The van der Waals surface area contributed by atoms with Crippen molar-refractivity contribution in [1.82, 2.24) is 0 Å². The van der Waals surface area contributed by atoms with Gasteiger partial charge in [-0.2, -0.15) is 0 Å². The second-order valence-corrected chi connectivity index (χ2v) is 5.37. The number of benzene rings is 2. The van der Waals surface area contributed by atoms with E-state index in [1.54, 1.807) is 6.92 Å². The lowest BCUT2D eigenvalue weighted by Gasteiger charge is -2.13. The third kappa shape index (κ3) is 3.46.